The maximum Gasteiger partial charge on any atom is 0.312 e. The molecule has 1 aliphatic rings. The van der Waals surface area contributed by atoms with Crippen molar-refractivity contribution in [2.45, 2.75) is 26.2 Å². The lowest BCUT2D eigenvalue weighted by atomic mass is 9.85. The zero-order valence-corrected chi connectivity index (χ0v) is 11.1. The first-order valence-electron chi connectivity index (χ1n) is 6.51. The van der Waals surface area contributed by atoms with Crippen LogP contribution in [-0.4, -0.2) is 5.97 Å². The number of hydrogen-bond acceptors (Lipinski definition) is 2. The fraction of sp³-hybridized carbons (Fsp3) is 0.235. The van der Waals surface area contributed by atoms with Crippen LogP contribution in [0.2, 0.25) is 0 Å². The van der Waals surface area contributed by atoms with Crippen LogP contribution in [0.1, 0.15) is 34.6 Å². The van der Waals surface area contributed by atoms with Gasteiger partial charge in [-0.05, 0) is 25.5 Å². The maximum absolute atomic E-state index is 11.7. The smallest absolute Gasteiger partial charge is 0.312 e. The van der Waals surface area contributed by atoms with E-state index in [9.17, 15) is 4.79 Å². The molecule has 1 atom stereocenters. The van der Waals surface area contributed by atoms with Gasteiger partial charge in [-0.1, -0.05) is 47.5 Å². The standard InChI is InChI=1S/C17H16O2/c1-11-3-6-13(7-4-11)14-10-17(18)19-16-8-5-12(2)9-15(14)16/h3-9,14H,10H2,1-2H3/t14-/m1/s1. The van der Waals surface area contributed by atoms with Crippen molar-refractivity contribution in [2.75, 3.05) is 0 Å². The Morgan fingerprint density at radius 2 is 1.68 bits per heavy atom. The van der Waals surface area contributed by atoms with E-state index >= 15 is 0 Å². The van der Waals surface area contributed by atoms with Crippen molar-refractivity contribution >= 4 is 5.97 Å². The Bertz CT molecular complexity index is 626. The summed E-state index contributed by atoms with van der Waals surface area (Å²) in [7, 11) is 0. The van der Waals surface area contributed by atoms with Crippen LogP contribution in [0.25, 0.3) is 0 Å². The molecule has 0 aliphatic carbocycles. The lowest BCUT2D eigenvalue weighted by molar-refractivity contribution is -0.135. The van der Waals surface area contributed by atoms with Gasteiger partial charge in [0.1, 0.15) is 5.75 Å². The number of carbonyl (C=O) groups is 1. The molecule has 0 aromatic heterocycles. The molecule has 1 heterocycles. The predicted molar refractivity (Wildman–Crippen MR) is 74.5 cm³/mol. The minimum Gasteiger partial charge on any atom is -0.426 e. The summed E-state index contributed by atoms with van der Waals surface area (Å²) in [5.74, 6) is 0.658. The highest BCUT2D eigenvalue weighted by atomic mass is 16.5. The molecule has 3 rings (SSSR count). The van der Waals surface area contributed by atoms with Crippen molar-refractivity contribution in [3.63, 3.8) is 0 Å². The number of benzene rings is 2. The zero-order chi connectivity index (χ0) is 13.4. The van der Waals surface area contributed by atoms with Crippen molar-refractivity contribution in [3.8, 4) is 5.75 Å². The van der Waals surface area contributed by atoms with E-state index in [-0.39, 0.29) is 11.9 Å². The van der Waals surface area contributed by atoms with Gasteiger partial charge in [0.25, 0.3) is 0 Å². The SMILES string of the molecule is Cc1ccc([C@H]2CC(=O)Oc3ccc(C)cc32)cc1. The van der Waals surface area contributed by atoms with Gasteiger partial charge in [0.05, 0.1) is 6.42 Å². The Morgan fingerprint density at radius 3 is 2.42 bits per heavy atom. The van der Waals surface area contributed by atoms with E-state index in [0.29, 0.717) is 12.2 Å². The molecule has 2 heteroatoms. The van der Waals surface area contributed by atoms with E-state index in [1.54, 1.807) is 0 Å². The van der Waals surface area contributed by atoms with E-state index < -0.39 is 0 Å². The largest absolute Gasteiger partial charge is 0.426 e. The van der Waals surface area contributed by atoms with Crippen molar-refractivity contribution in [3.05, 3.63) is 64.7 Å². The fourth-order valence-corrected chi connectivity index (χ4v) is 2.57. The van der Waals surface area contributed by atoms with Gasteiger partial charge in [0.15, 0.2) is 0 Å². The number of hydrogen-bond donors (Lipinski definition) is 0. The Labute approximate surface area is 113 Å². The first kappa shape index (κ1) is 12.0. The van der Waals surface area contributed by atoms with Crippen LogP contribution in [0.5, 0.6) is 5.75 Å². The minimum atomic E-state index is -0.151. The third-order valence-electron chi connectivity index (χ3n) is 3.62. The summed E-state index contributed by atoms with van der Waals surface area (Å²) >= 11 is 0. The molecule has 0 N–H and O–H groups in total. The summed E-state index contributed by atoms with van der Waals surface area (Å²) in [5.41, 5.74) is 4.71. The van der Waals surface area contributed by atoms with Crippen LogP contribution >= 0.6 is 0 Å². The van der Waals surface area contributed by atoms with Crippen LogP contribution in [0.4, 0.5) is 0 Å². The molecule has 2 aromatic rings. The first-order valence-corrected chi connectivity index (χ1v) is 6.51. The molecule has 2 nitrogen and oxygen atoms in total. The van der Waals surface area contributed by atoms with E-state index in [0.717, 1.165) is 5.56 Å². The molecule has 0 saturated carbocycles. The Morgan fingerprint density at radius 1 is 1.00 bits per heavy atom. The van der Waals surface area contributed by atoms with Crippen LogP contribution < -0.4 is 4.74 Å². The molecule has 0 amide bonds. The monoisotopic (exact) mass is 252 g/mol. The van der Waals surface area contributed by atoms with Crippen LogP contribution in [0.3, 0.4) is 0 Å². The molecular weight excluding hydrogens is 236 g/mol. The lowest BCUT2D eigenvalue weighted by Crippen LogP contribution is -2.21. The van der Waals surface area contributed by atoms with Crippen molar-refractivity contribution in [2.24, 2.45) is 0 Å². The third-order valence-corrected chi connectivity index (χ3v) is 3.62. The average Bonchev–Trinajstić information content (AvgIpc) is 2.39. The molecule has 0 spiro atoms. The normalized spacial score (nSPS) is 17.8. The fourth-order valence-electron chi connectivity index (χ4n) is 2.57. The number of esters is 1. The first-order chi connectivity index (χ1) is 9.13. The van der Waals surface area contributed by atoms with Gasteiger partial charge in [-0.25, -0.2) is 0 Å². The number of aryl methyl sites for hydroxylation is 2. The van der Waals surface area contributed by atoms with Crippen LogP contribution in [0.15, 0.2) is 42.5 Å². The number of fused-ring (bicyclic) bond motifs is 1. The lowest BCUT2D eigenvalue weighted by Gasteiger charge is -2.25. The highest BCUT2D eigenvalue weighted by molar-refractivity contribution is 5.77. The van der Waals surface area contributed by atoms with Crippen molar-refractivity contribution < 1.29 is 9.53 Å². The van der Waals surface area contributed by atoms with Gasteiger partial charge in [-0.3, -0.25) is 4.79 Å². The van der Waals surface area contributed by atoms with Gasteiger partial charge in [0, 0.05) is 11.5 Å². The molecule has 0 bridgehead atoms. The van der Waals surface area contributed by atoms with E-state index in [1.807, 2.05) is 12.1 Å². The number of ether oxygens (including phenoxy) is 1. The van der Waals surface area contributed by atoms with Gasteiger partial charge >= 0.3 is 5.97 Å². The van der Waals surface area contributed by atoms with E-state index in [1.165, 1.54) is 16.7 Å². The van der Waals surface area contributed by atoms with E-state index in [4.69, 9.17) is 4.74 Å². The quantitative estimate of drug-likeness (QED) is 0.571. The third kappa shape index (κ3) is 2.26. The predicted octanol–water partition coefficient (Wildman–Crippen LogP) is 3.74. The molecule has 0 radical (unpaired) electrons. The van der Waals surface area contributed by atoms with Gasteiger partial charge in [-0.2, -0.15) is 0 Å². The summed E-state index contributed by atoms with van der Waals surface area (Å²) in [5, 5.41) is 0. The molecule has 1 aliphatic heterocycles. The second kappa shape index (κ2) is 4.54. The maximum atomic E-state index is 11.7. The minimum absolute atomic E-state index is 0.108. The van der Waals surface area contributed by atoms with Gasteiger partial charge < -0.3 is 4.74 Å². The highest BCUT2D eigenvalue weighted by Gasteiger charge is 2.28. The summed E-state index contributed by atoms with van der Waals surface area (Å²) in [6, 6.07) is 14.4. The molecule has 96 valence electrons. The zero-order valence-electron chi connectivity index (χ0n) is 11.1. The Balaban J connectivity index is 2.09. The van der Waals surface area contributed by atoms with Crippen LogP contribution in [-0.2, 0) is 4.79 Å². The van der Waals surface area contributed by atoms with Crippen molar-refractivity contribution in [1.29, 1.82) is 0 Å². The summed E-state index contributed by atoms with van der Waals surface area (Å²) in [6.45, 7) is 4.12. The molecule has 2 aromatic carbocycles. The number of rotatable bonds is 1. The van der Waals surface area contributed by atoms with Gasteiger partial charge in [-0.15, -0.1) is 0 Å². The average molecular weight is 252 g/mol. The second-order valence-corrected chi connectivity index (χ2v) is 5.18. The molecule has 0 unspecified atom stereocenters. The van der Waals surface area contributed by atoms with Gasteiger partial charge in [0.2, 0.25) is 0 Å². The molecule has 0 saturated heterocycles. The Kier molecular flexibility index (Phi) is 2.86. The highest BCUT2D eigenvalue weighted by Crippen LogP contribution is 2.39. The molecular formula is C17H16O2. The topological polar surface area (TPSA) is 26.3 Å². The summed E-state index contributed by atoms with van der Waals surface area (Å²) in [6.07, 6.45) is 0.416. The molecule has 19 heavy (non-hydrogen) atoms. The summed E-state index contributed by atoms with van der Waals surface area (Å²) in [4.78, 5) is 11.7. The van der Waals surface area contributed by atoms with Crippen LogP contribution in [0, 0.1) is 13.8 Å². The summed E-state index contributed by atoms with van der Waals surface area (Å²) < 4.78 is 5.32. The Hall–Kier alpha value is -2.09. The van der Waals surface area contributed by atoms with Crippen molar-refractivity contribution in [1.82, 2.24) is 0 Å². The van der Waals surface area contributed by atoms with E-state index in [2.05, 4.69) is 44.2 Å². The second-order valence-electron chi connectivity index (χ2n) is 5.18. The molecule has 0 fully saturated rings. The number of carbonyl (C=O) groups excluding carboxylic acids is 1.